The summed E-state index contributed by atoms with van der Waals surface area (Å²) < 4.78 is 0. The van der Waals surface area contributed by atoms with E-state index in [1.807, 2.05) is 42.5 Å². The van der Waals surface area contributed by atoms with Crippen molar-refractivity contribution in [3.63, 3.8) is 0 Å². The second-order valence-corrected chi connectivity index (χ2v) is 7.31. The fourth-order valence-corrected chi connectivity index (χ4v) is 4.82. The lowest BCUT2D eigenvalue weighted by atomic mass is 10.0. The number of para-hydroxylation sites is 1. The molecule has 2 aliphatic heterocycles. The van der Waals surface area contributed by atoms with Crippen molar-refractivity contribution in [3.8, 4) is 0 Å². The molecule has 24 heavy (non-hydrogen) atoms. The summed E-state index contributed by atoms with van der Waals surface area (Å²) in [5, 5.41) is 9.23. The van der Waals surface area contributed by atoms with Crippen LogP contribution in [0.3, 0.4) is 0 Å². The fourth-order valence-electron chi connectivity index (χ4n) is 3.57. The van der Waals surface area contributed by atoms with Gasteiger partial charge in [-0.1, -0.05) is 42.5 Å². The molecule has 0 bridgehead atoms. The van der Waals surface area contributed by atoms with Crippen LogP contribution in [0.4, 0.5) is 5.69 Å². The normalized spacial score (nSPS) is 21.9. The third-order valence-corrected chi connectivity index (χ3v) is 5.98. The van der Waals surface area contributed by atoms with Crippen molar-refractivity contribution in [3.05, 3.63) is 65.2 Å². The second kappa shape index (κ2) is 5.98. The van der Waals surface area contributed by atoms with Gasteiger partial charge in [0.15, 0.2) is 0 Å². The SMILES string of the molecule is O=C(O)C1CN(C(=O)C2SCCc3ccccc32)c2ccccc21. The predicted octanol–water partition coefficient (Wildman–Crippen LogP) is 3.23. The Balaban J connectivity index is 1.71. The number of benzene rings is 2. The maximum atomic E-state index is 13.2. The van der Waals surface area contributed by atoms with Gasteiger partial charge in [0.05, 0.1) is 0 Å². The molecule has 2 aromatic carbocycles. The van der Waals surface area contributed by atoms with E-state index in [1.165, 1.54) is 5.56 Å². The number of aryl methyl sites for hydroxylation is 1. The summed E-state index contributed by atoms with van der Waals surface area (Å²) in [4.78, 5) is 26.4. The molecule has 0 aliphatic carbocycles. The van der Waals surface area contributed by atoms with Crippen molar-refractivity contribution in [1.29, 1.82) is 0 Å². The van der Waals surface area contributed by atoms with Gasteiger partial charge in [-0.3, -0.25) is 9.59 Å². The molecule has 2 atom stereocenters. The summed E-state index contributed by atoms with van der Waals surface area (Å²) >= 11 is 1.65. The minimum Gasteiger partial charge on any atom is -0.481 e. The third-order valence-electron chi connectivity index (χ3n) is 4.75. The Morgan fingerprint density at radius 1 is 1.04 bits per heavy atom. The highest BCUT2D eigenvalue weighted by Gasteiger charge is 2.40. The molecule has 0 fully saturated rings. The third kappa shape index (κ3) is 2.40. The van der Waals surface area contributed by atoms with E-state index in [1.54, 1.807) is 16.7 Å². The number of carboxylic acids is 1. The van der Waals surface area contributed by atoms with Gasteiger partial charge in [-0.05, 0) is 34.9 Å². The zero-order chi connectivity index (χ0) is 16.7. The molecule has 4 rings (SSSR count). The molecule has 4 nitrogen and oxygen atoms in total. The van der Waals surface area contributed by atoms with Crippen molar-refractivity contribution in [2.75, 3.05) is 17.2 Å². The van der Waals surface area contributed by atoms with Gasteiger partial charge in [-0.25, -0.2) is 0 Å². The quantitative estimate of drug-likeness (QED) is 0.913. The summed E-state index contributed by atoms with van der Waals surface area (Å²) in [5.74, 6) is -0.627. The van der Waals surface area contributed by atoms with E-state index in [4.69, 9.17) is 0 Å². The van der Waals surface area contributed by atoms with E-state index in [-0.39, 0.29) is 17.7 Å². The summed E-state index contributed by atoms with van der Waals surface area (Å²) in [7, 11) is 0. The molecule has 1 N–H and O–H groups in total. The van der Waals surface area contributed by atoms with Crippen LogP contribution in [0.25, 0.3) is 0 Å². The number of fused-ring (bicyclic) bond motifs is 2. The Hall–Kier alpha value is -2.27. The van der Waals surface area contributed by atoms with Gasteiger partial charge in [0.25, 0.3) is 0 Å². The van der Waals surface area contributed by atoms with Crippen molar-refractivity contribution in [1.82, 2.24) is 0 Å². The number of aliphatic carboxylic acids is 1. The largest absolute Gasteiger partial charge is 0.481 e. The van der Waals surface area contributed by atoms with Gasteiger partial charge in [-0.15, -0.1) is 11.8 Å². The molecule has 0 saturated heterocycles. The van der Waals surface area contributed by atoms with E-state index in [2.05, 4.69) is 6.07 Å². The highest BCUT2D eigenvalue weighted by molar-refractivity contribution is 8.00. The van der Waals surface area contributed by atoms with Crippen LogP contribution in [-0.4, -0.2) is 29.3 Å². The minimum absolute atomic E-state index is 0.0108. The number of nitrogens with zero attached hydrogens (tertiary/aromatic N) is 1. The number of hydrogen-bond donors (Lipinski definition) is 1. The lowest BCUT2D eigenvalue weighted by Gasteiger charge is -2.28. The smallest absolute Gasteiger partial charge is 0.312 e. The van der Waals surface area contributed by atoms with Gasteiger partial charge < -0.3 is 10.0 Å². The highest BCUT2D eigenvalue weighted by Crippen LogP contribution is 2.43. The molecule has 0 radical (unpaired) electrons. The number of amides is 1. The first-order valence-electron chi connectivity index (χ1n) is 7.99. The molecule has 2 aromatic rings. The number of carbonyl (C=O) groups is 2. The van der Waals surface area contributed by atoms with Crippen LogP contribution < -0.4 is 4.90 Å². The predicted molar refractivity (Wildman–Crippen MR) is 94.5 cm³/mol. The zero-order valence-electron chi connectivity index (χ0n) is 13.0. The standard InChI is InChI=1S/C19H17NO3S/c21-18(17-13-6-2-1-5-12(13)9-10-24-17)20-11-15(19(22)23)14-7-3-4-8-16(14)20/h1-8,15,17H,9-11H2,(H,22,23). The van der Waals surface area contributed by atoms with E-state index in [9.17, 15) is 14.7 Å². The number of carbonyl (C=O) groups excluding carboxylic acids is 1. The number of thioether (sulfide) groups is 1. The van der Waals surface area contributed by atoms with Crippen LogP contribution >= 0.6 is 11.8 Å². The Morgan fingerprint density at radius 2 is 1.75 bits per heavy atom. The van der Waals surface area contributed by atoms with Crippen molar-refractivity contribution < 1.29 is 14.7 Å². The molecule has 0 saturated carbocycles. The fraction of sp³-hybridized carbons (Fsp3) is 0.263. The number of anilines is 1. The number of hydrogen-bond acceptors (Lipinski definition) is 3. The Morgan fingerprint density at radius 3 is 2.54 bits per heavy atom. The second-order valence-electron chi connectivity index (χ2n) is 6.10. The van der Waals surface area contributed by atoms with Gasteiger partial charge in [0.2, 0.25) is 5.91 Å². The van der Waals surface area contributed by atoms with Crippen LogP contribution in [0, 0.1) is 0 Å². The molecule has 122 valence electrons. The molecule has 5 heteroatoms. The average molecular weight is 339 g/mol. The number of carboxylic acid groups (broad SMARTS) is 1. The summed E-state index contributed by atoms with van der Waals surface area (Å²) in [6.45, 7) is 0.215. The lowest BCUT2D eigenvalue weighted by Crippen LogP contribution is -2.35. The van der Waals surface area contributed by atoms with E-state index >= 15 is 0 Å². The topological polar surface area (TPSA) is 57.6 Å². The number of rotatable bonds is 2. The molecule has 2 aliphatic rings. The Kier molecular flexibility index (Phi) is 3.81. The van der Waals surface area contributed by atoms with Gasteiger partial charge in [0.1, 0.15) is 11.2 Å². The van der Waals surface area contributed by atoms with Gasteiger partial charge in [0, 0.05) is 12.2 Å². The molecular formula is C19H17NO3S. The van der Waals surface area contributed by atoms with E-state index < -0.39 is 11.9 Å². The van der Waals surface area contributed by atoms with Crippen molar-refractivity contribution in [2.45, 2.75) is 17.6 Å². The first-order chi connectivity index (χ1) is 11.7. The molecule has 0 spiro atoms. The van der Waals surface area contributed by atoms with Crippen molar-refractivity contribution in [2.24, 2.45) is 0 Å². The van der Waals surface area contributed by atoms with Crippen LogP contribution in [0.1, 0.15) is 27.9 Å². The monoisotopic (exact) mass is 339 g/mol. The Bertz CT molecular complexity index is 820. The molecular weight excluding hydrogens is 322 g/mol. The summed E-state index contributed by atoms with van der Waals surface area (Å²) in [5.41, 5.74) is 3.75. The minimum atomic E-state index is -0.880. The first kappa shape index (κ1) is 15.3. The van der Waals surface area contributed by atoms with Gasteiger partial charge in [-0.2, -0.15) is 0 Å². The average Bonchev–Trinajstić information content (AvgIpc) is 3.00. The first-order valence-corrected chi connectivity index (χ1v) is 9.04. The highest BCUT2D eigenvalue weighted by atomic mass is 32.2. The van der Waals surface area contributed by atoms with Crippen molar-refractivity contribution >= 4 is 29.3 Å². The van der Waals surface area contributed by atoms with Crippen LogP contribution in [-0.2, 0) is 16.0 Å². The molecule has 1 amide bonds. The van der Waals surface area contributed by atoms with E-state index in [0.29, 0.717) is 0 Å². The van der Waals surface area contributed by atoms with Gasteiger partial charge >= 0.3 is 5.97 Å². The lowest BCUT2D eigenvalue weighted by molar-refractivity contribution is -0.138. The molecule has 2 unspecified atom stereocenters. The summed E-state index contributed by atoms with van der Waals surface area (Å²) in [6.07, 6.45) is 0.971. The van der Waals surface area contributed by atoms with Crippen LogP contribution in [0.15, 0.2) is 48.5 Å². The molecule has 0 aromatic heterocycles. The van der Waals surface area contributed by atoms with E-state index in [0.717, 1.165) is 29.0 Å². The Labute approximate surface area is 144 Å². The zero-order valence-corrected chi connectivity index (χ0v) is 13.8. The maximum Gasteiger partial charge on any atom is 0.312 e. The van der Waals surface area contributed by atoms with Crippen LogP contribution in [0.5, 0.6) is 0 Å². The maximum absolute atomic E-state index is 13.2. The molecule has 2 heterocycles. The van der Waals surface area contributed by atoms with Crippen LogP contribution in [0.2, 0.25) is 0 Å². The summed E-state index contributed by atoms with van der Waals surface area (Å²) in [6, 6.07) is 15.4.